The SMILES string of the molecule is O=C(CCCCCCCC(=O)[P+](=O)[O-])CCCC[P+](=O)[O-]. The normalized spacial score (nSPS) is 12.1. The zero-order valence-corrected chi connectivity index (χ0v) is 13.9. The molecule has 0 aromatic rings. The van der Waals surface area contributed by atoms with Crippen LogP contribution in [0, 0.1) is 0 Å². The summed E-state index contributed by atoms with van der Waals surface area (Å²) in [5.41, 5.74) is -0.708. The van der Waals surface area contributed by atoms with Crippen LogP contribution in [0.4, 0.5) is 0 Å². The lowest BCUT2D eigenvalue weighted by Gasteiger charge is -2.01. The van der Waals surface area contributed by atoms with E-state index in [1.54, 1.807) is 0 Å². The molecule has 2 atom stereocenters. The standard InChI is InChI=1S/C13H22O6P2/c14-12(9-6-7-11-20(16)17)8-4-2-1-3-5-10-13(15)21(18)19/h1-11H2. The van der Waals surface area contributed by atoms with Gasteiger partial charge < -0.3 is 9.79 Å². The maximum Gasteiger partial charge on any atom is 0.387 e. The third-order valence-corrected chi connectivity index (χ3v) is 4.41. The molecule has 0 amide bonds. The van der Waals surface area contributed by atoms with Crippen molar-refractivity contribution < 1.29 is 28.5 Å². The largest absolute Gasteiger partial charge is 0.596 e. The molecule has 120 valence electrons. The van der Waals surface area contributed by atoms with Crippen molar-refractivity contribution in [2.45, 2.75) is 64.2 Å². The van der Waals surface area contributed by atoms with Crippen molar-refractivity contribution in [3.63, 3.8) is 0 Å². The first-order valence-corrected chi connectivity index (χ1v) is 9.78. The molecule has 0 bridgehead atoms. The van der Waals surface area contributed by atoms with Crippen molar-refractivity contribution in [3.8, 4) is 0 Å². The third kappa shape index (κ3) is 14.2. The Labute approximate surface area is 127 Å². The Kier molecular flexibility index (Phi) is 12.8. The summed E-state index contributed by atoms with van der Waals surface area (Å²) in [5, 5.41) is 0. The minimum Gasteiger partial charge on any atom is -0.596 e. The Morgan fingerprint density at radius 3 is 1.71 bits per heavy atom. The molecular formula is C13H22O6P2. The van der Waals surface area contributed by atoms with Crippen molar-refractivity contribution in [1.29, 1.82) is 0 Å². The van der Waals surface area contributed by atoms with Gasteiger partial charge in [0.25, 0.3) is 0 Å². The van der Waals surface area contributed by atoms with Gasteiger partial charge in [0, 0.05) is 12.8 Å². The van der Waals surface area contributed by atoms with Crippen molar-refractivity contribution >= 4 is 27.4 Å². The van der Waals surface area contributed by atoms with Crippen molar-refractivity contribution in [1.82, 2.24) is 0 Å². The van der Waals surface area contributed by atoms with E-state index in [1.807, 2.05) is 0 Å². The second kappa shape index (κ2) is 13.1. The molecule has 0 aliphatic carbocycles. The Hall–Kier alpha value is -0.540. The highest BCUT2D eigenvalue weighted by Crippen LogP contribution is 2.16. The molecule has 0 fully saturated rings. The Balaban J connectivity index is 3.34. The van der Waals surface area contributed by atoms with E-state index in [1.165, 1.54) is 0 Å². The molecule has 0 aromatic heterocycles. The third-order valence-electron chi connectivity index (χ3n) is 3.10. The summed E-state index contributed by atoms with van der Waals surface area (Å²) in [5.74, 6) is 0.162. The van der Waals surface area contributed by atoms with Crippen molar-refractivity contribution in [2.24, 2.45) is 0 Å². The lowest BCUT2D eigenvalue weighted by molar-refractivity contribution is -0.169. The highest BCUT2D eigenvalue weighted by Gasteiger charge is 2.14. The molecule has 0 saturated carbocycles. The van der Waals surface area contributed by atoms with Crippen LogP contribution in [-0.2, 0) is 18.7 Å². The summed E-state index contributed by atoms with van der Waals surface area (Å²) in [6, 6.07) is 0. The molecule has 0 spiro atoms. The first-order chi connectivity index (χ1) is 9.93. The van der Waals surface area contributed by atoms with E-state index in [0.29, 0.717) is 32.1 Å². The van der Waals surface area contributed by atoms with Crippen molar-refractivity contribution in [3.05, 3.63) is 0 Å². The van der Waals surface area contributed by atoms with Gasteiger partial charge in [-0.1, -0.05) is 28.4 Å². The molecule has 0 heterocycles. The predicted octanol–water partition coefficient (Wildman–Crippen LogP) is 2.19. The highest BCUT2D eigenvalue weighted by molar-refractivity contribution is 7.56. The maximum atomic E-state index is 11.5. The van der Waals surface area contributed by atoms with Gasteiger partial charge in [-0.15, -0.1) is 0 Å². The van der Waals surface area contributed by atoms with E-state index in [-0.39, 0.29) is 18.4 Å². The molecule has 2 unspecified atom stereocenters. The molecule has 0 aliphatic heterocycles. The molecule has 0 saturated heterocycles. The van der Waals surface area contributed by atoms with Crippen LogP contribution in [0.25, 0.3) is 0 Å². The number of carbonyl (C=O) groups excluding carboxylic acids is 2. The number of rotatable bonds is 14. The number of unbranched alkanes of at least 4 members (excludes halogenated alkanes) is 5. The summed E-state index contributed by atoms with van der Waals surface area (Å²) in [6.07, 6.45) is 6.27. The monoisotopic (exact) mass is 336 g/mol. The van der Waals surface area contributed by atoms with E-state index >= 15 is 0 Å². The number of carbonyl (C=O) groups is 2. The number of Topliss-reactive ketones (excluding diaryl/α,β-unsaturated/α-hetero) is 1. The Morgan fingerprint density at radius 2 is 1.19 bits per heavy atom. The van der Waals surface area contributed by atoms with Gasteiger partial charge in [-0.05, 0) is 25.7 Å². The summed E-state index contributed by atoms with van der Waals surface area (Å²) < 4.78 is 20.6. The van der Waals surface area contributed by atoms with Crippen LogP contribution in [0.3, 0.4) is 0 Å². The fraction of sp³-hybridized carbons (Fsp3) is 0.846. The van der Waals surface area contributed by atoms with Gasteiger partial charge in [0.1, 0.15) is 11.9 Å². The first-order valence-electron chi connectivity index (χ1n) is 7.24. The zero-order chi connectivity index (χ0) is 16.1. The molecule has 8 heteroatoms. The summed E-state index contributed by atoms with van der Waals surface area (Å²) >= 11 is 0. The summed E-state index contributed by atoms with van der Waals surface area (Å²) in [4.78, 5) is 42.9. The van der Waals surface area contributed by atoms with Crippen molar-refractivity contribution in [2.75, 3.05) is 6.16 Å². The van der Waals surface area contributed by atoms with E-state index in [0.717, 1.165) is 25.7 Å². The second-order valence-corrected chi connectivity index (χ2v) is 7.10. The Morgan fingerprint density at radius 1 is 0.714 bits per heavy atom. The van der Waals surface area contributed by atoms with Gasteiger partial charge >= 0.3 is 21.6 Å². The molecule has 0 aromatic carbocycles. The van der Waals surface area contributed by atoms with Crippen LogP contribution in [0.15, 0.2) is 0 Å². The van der Waals surface area contributed by atoms with Crippen LogP contribution in [-0.4, -0.2) is 17.5 Å². The average molecular weight is 336 g/mol. The fourth-order valence-electron chi connectivity index (χ4n) is 1.91. The van der Waals surface area contributed by atoms with Gasteiger partial charge in [-0.25, -0.2) is 4.79 Å². The minimum absolute atomic E-state index is 0.0829. The van der Waals surface area contributed by atoms with Crippen LogP contribution in [0.2, 0.25) is 0 Å². The summed E-state index contributed by atoms with van der Waals surface area (Å²) in [6.45, 7) is 0. The quantitative estimate of drug-likeness (QED) is 0.355. The number of hydrogen-bond acceptors (Lipinski definition) is 6. The van der Waals surface area contributed by atoms with Gasteiger partial charge in [0.15, 0.2) is 0 Å². The van der Waals surface area contributed by atoms with Gasteiger partial charge in [-0.3, -0.25) is 4.79 Å². The zero-order valence-electron chi connectivity index (χ0n) is 12.1. The van der Waals surface area contributed by atoms with E-state index < -0.39 is 21.6 Å². The number of ketones is 1. The molecule has 21 heavy (non-hydrogen) atoms. The second-order valence-electron chi connectivity index (χ2n) is 4.97. The molecule has 0 rings (SSSR count). The van der Waals surface area contributed by atoms with Crippen LogP contribution in [0.5, 0.6) is 0 Å². The minimum atomic E-state index is -2.93. The topological polar surface area (TPSA) is 114 Å². The molecule has 0 N–H and O–H groups in total. The van der Waals surface area contributed by atoms with E-state index in [2.05, 4.69) is 0 Å². The Bertz CT molecular complexity index is 370. The lowest BCUT2D eigenvalue weighted by atomic mass is 10.1. The highest BCUT2D eigenvalue weighted by atomic mass is 31.1. The molecule has 0 aliphatic rings. The van der Waals surface area contributed by atoms with Crippen LogP contribution in [0.1, 0.15) is 64.2 Å². The number of hydrogen-bond donors (Lipinski definition) is 0. The molecule has 0 radical (unpaired) electrons. The smallest absolute Gasteiger partial charge is 0.387 e. The van der Waals surface area contributed by atoms with Gasteiger partial charge in [0.05, 0.1) is 6.42 Å². The average Bonchev–Trinajstić information content (AvgIpc) is 2.41. The maximum absolute atomic E-state index is 11.5. The van der Waals surface area contributed by atoms with E-state index in [9.17, 15) is 28.5 Å². The van der Waals surface area contributed by atoms with Crippen LogP contribution >= 0.6 is 16.1 Å². The van der Waals surface area contributed by atoms with E-state index in [4.69, 9.17) is 0 Å². The summed E-state index contributed by atoms with van der Waals surface area (Å²) in [7, 11) is -5.26. The molecule has 6 nitrogen and oxygen atoms in total. The first kappa shape index (κ1) is 20.5. The van der Waals surface area contributed by atoms with Gasteiger partial charge in [0.2, 0.25) is 0 Å². The van der Waals surface area contributed by atoms with Gasteiger partial charge in [-0.2, -0.15) is 0 Å². The fourth-order valence-corrected chi connectivity index (χ4v) is 2.73. The molecular weight excluding hydrogens is 314 g/mol. The van der Waals surface area contributed by atoms with Crippen LogP contribution < -0.4 is 9.79 Å². The lowest BCUT2D eigenvalue weighted by Crippen LogP contribution is -2.00. The predicted molar refractivity (Wildman–Crippen MR) is 76.3 cm³/mol.